The molecule has 0 radical (unpaired) electrons. The molecule has 0 aromatic carbocycles. The molecule has 6 heteroatoms. The van der Waals surface area contributed by atoms with Gasteiger partial charge in [0.25, 0.3) is 0 Å². The van der Waals surface area contributed by atoms with Gasteiger partial charge in [-0.3, -0.25) is 4.90 Å². The summed E-state index contributed by atoms with van der Waals surface area (Å²) < 4.78 is 4.72. The van der Waals surface area contributed by atoms with E-state index in [-0.39, 0.29) is 10.8 Å². The highest BCUT2D eigenvalue weighted by Crippen LogP contribution is 2.25. The van der Waals surface area contributed by atoms with Crippen molar-refractivity contribution >= 4 is 0 Å². The molecule has 1 N–H and O–H groups in total. The third-order valence-electron chi connectivity index (χ3n) is 5.33. The van der Waals surface area contributed by atoms with Crippen LogP contribution in [0.1, 0.15) is 64.6 Å². The number of hydrogen-bond acceptors (Lipinski definition) is 4. The average molecular weight is 373 g/mol. The molecular weight excluding hydrogens is 336 g/mol. The Hall–Kier alpha value is -1.66. The van der Waals surface area contributed by atoms with Gasteiger partial charge in [0.1, 0.15) is 11.6 Å². The molecule has 2 aliphatic rings. The molecule has 150 valence electrons. The first kappa shape index (κ1) is 20.1. The van der Waals surface area contributed by atoms with Crippen LogP contribution in [0, 0.1) is 0 Å². The molecule has 0 bridgehead atoms. The maximum absolute atomic E-state index is 4.49. The third kappa shape index (κ3) is 4.43. The van der Waals surface area contributed by atoms with E-state index in [4.69, 9.17) is 0 Å². The normalized spacial score (nSPS) is 17.7. The Kier molecular flexibility index (Phi) is 5.50. The highest BCUT2D eigenvalue weighted by molar-refractivity contribution is 5.16. The molecule has 0 saturated carbocycles. The zero-order valence-electron chi connectivity index (χ0n) is 18.1. The summed E-state index contributed by atoms with van der Waals surface area (Å²) in [5, 5.41) is 3.32. The number of aromatic nitrogens is 4. The molecule has 4 heterocycles. The lowest BCUT2D eigenvalue weighted by Crippen LogP contribution is -2.32. The molecular formula is C21H36N6. The van der Waals surface area contributed by atoms with Crippen LogP contribution in [0.3, 0.4) is 0 Å². The Labute approximate surface area is 164 Å². The van der Waals surface area contributed by atoms with Crippen LogP contribution >= 0.6 is 0 Å². The Bertz CT molecular complexity index is 772. The minimum absolute atomic E-state index is 0.209. The van der Waals surface area contributed by atoms with Gasteiger partial charge in [0.05, 0.1) is 13.1 Å². The number of nitrogens with zero attached hydrogens (tertiary/aromatic N) is 5. The molecule has 0 amide bonds. The first-order chi connectivity index (χ1) is 12.6. The number of likely N-dealkylation sites (N-methyl/N-ethyl adjacent to an activating group) is 1. The second-order valence-electron chi connectivity index (χ2n) is 9.84. The second kappa shape index (κ2) is 7.40. The molecule has 2 aromatic rings. The Morgan fingerprint density at radius 1 is 0.815 bits per heavy atom. The van der Waals surface area contributed by atoms with Gasteiger partial charge in [-0.05, 0) is 7.05 Å². The molecule has 0 spiro atoms. The lowest BCUT2D eigenvalue weighted by Gasteiger charge is -2.28. The van der Waals surface area contributed by atoms with E-state index in [1.807, 2.05) is 12.4 Å². The molecule has 6 nitrogen and oxygen atoms in total. The summed E-state index contributed by atoms with van der Waals surface area (Å²) >= 11 is 0. The van der Waals surface area contributed by atoms with Crippen LogP contribution in [0.2, 0.25) is 0 Å². The summed E-state index contributed by atoms with van der Waals surface area (Å²) in [7, 11) is 2.15. The molecule has 27 heavy (non-hydrogen) atoms. The van der Waals surface area contributed by atoms with Crippen molar-refractivity contribution in [3.8, 4) is 0 Å². The highest BCUT2D eigenvalue weighted by atomic mass is 15.2. The van der Waals surface area contributed by atoms with E-state index < -0.39 is 0 Å². The van der Waals surface area contributed by atoms with Crippen molar-refractivity contribution < 1.29 is 0 Å². The van der Waals surface area contributed by atoms with Crippen molar-refractivity contribution in [2.24, 2.45) is 0 Å². The van der Waals surface area contributed by atoms with Gasteiger partial charge in [0.15, 0.2) is 0 Å². The van der Waals surface area contributed by atoms with E-state index in [1.54, 1.807) is 0 Å². The highest BCUT2D eigenvalue weighted by Gasteiger charge is 2.24. The van der Waals surface area contributed by atoms with Gasteiger partial charge in [-0.25, -0.2) is 9.97 Å². The van der Waals surface area contributed by atoms with Crippen molar-refractivity contribution in [1.29, 1.82) is 0 Å². The van der Waals surface area contributed by atoms with Gasteiger partial charge < -0.3 is 14.5 Å². The minimum atomic E-state index is 0.209. The zero-order valence-corrected chi connectivity index (χ0v) is 18.1. The van der Waals surface area contributed by atoms with E-state index in [1.165, 1.54) is 23.0 Å². The van der Waals surface area contributed by atoms with Crippen molar-refractivity contribution in [1.82, 2.24) is 29.3 Å². The number of imidazole rings is 2. The first-order valence-corrected chi connectivity index (χ1v) is 10.1. The smallest absolute Gasteiger partial charge is 0.123 e. The fraction of sp³-hybridized carbons (Fsp3) is 0.714. The quantitative estimate of drug-likeness (QED) is 0.773. The molecule has 2 aliphatic heterocycles. The lowest BCUT2D eigenvalue weighted by molar-refractivity contribution is 0.258. The monoisotopic (exact) mass is 372 g/mol. The van der Waals surface area contributed by atoms with Gasteiger partial charge in [0, 0.05) is 60.8 Å². The van der Waals surface area contributed by atoms with Gasteiger partial charge in [0.2, 0.25) is 0 Å². The number of rotatable bonds is 0. The Balaban J connectivity index is 0.000000156. The Morgan fingerprint density at radius 2 is 1.37 bits per heavy atom. The van der Waals surface area contributed by atoms with Crippen LogP contribution in [-0.4, -0.2) is 44.1 Å². The van der Waals surface area contributed by atoms with Crippen molar-refractivity contribution in [3.63, 3.8) is 0 Å². The molecule has 0 atom stereocenters. The molecule has 4 rings (SSSR count). The topological polar surface area (TPSA) is 50.9 Å². The van der Waals surface area contributed by atoms with E-state index >= 15 is 0 Å². The standard InChI is InChI=1S/C11H19N3.C10H17N3/c1-11(2,3)9-7-12-10-8-13(4)5-6-14(9)10;1-10(2,3)8-6-12-9-7-11-4-5-13(8)9/h7H,5-6,8H2,1-4H3;6,11H,4-5,7H2,1-3H3. The summed E-state index contributed by atoms with van der Waals surface area (Å²) in [5.41, 5.74) is 3.13. The molecule has 2 aromatic heterocycles. The Morgan fingerprint density at radius 3 is 1.96 bits per heavy atom. The van der Waals surface area contributed by atoms with Crippen molar-refractivity contribution in [2.45, 2.75) is 78.6 Å². The van der Waals surface area contributed by atoms with Gasteiger partial charge in [-0.15, -0.1) is 0 Å². The number of nitrogens with one attached hydrogen (secondary N) is 1. The van der Waals surface area contributed by atoms with Crippen LogP contribution in [0.4, 0.5) is 0 Å². The molecule has 0 fully saturated rings. The predicted molar refractivity (Wildman–Crippen MR) is 110 cm³/mol. The van der Waals surface area contributed by atoms with E-state index in [9.17, 15) is 0 Å². The summed E-state index contributed by atoms with van der Waals surface area (Å²) in [6.07, 6.45) is 4.05. The third-order valence-corrected chi connectivity index (χ3v) is 5.33. The van der Waals surface area contributed by atoms with Crippen molar-refractivity contribution in [2.75, 3.05) is 20.1 Å². The maximum Gasteiger partial charge on any atom is 0.123 e. The predicted octanol–water partition coefficient (Wildman–Crippen LogP) is 2.91. The SMILES string of the molecule is CC(C)(C)c1cnc2n1CCNC2.CN1CCn2c(C(C)(C)C)cnc2C1. The molecule has 0 unspecified atom stereocenters. The van der Waals surface area contributed by atoms with Crippen LogP contribution in [0.15, 0.2) is 12.4 Å². The van der Waals surface area contributed by atoms with E-state index in [0.29, 0.717) is 0 Å². The molecule has 0 aliphatic carbocycles. The van der Waals surface area contributed by atoms with Gasteiger partial charge in [-0.2, -0.15) is 0 Å². The second-order valence-corrected chi connectivity index (χ2v) is 9.84. The van der Waals surface area contributed by atoms with Crippen LogP contribution in [0.5, 0.6) is 0 Å². The summed E-state index contributed by atoms with van der Waals surface area (Å²) in [6.45, 7) is 19.7. The average Bonchev–Trinajstić information content (AvgIpc) is 3.18. The first-order valence-electron chi connectivity index (χ1n) is 10.1. The largest absolute Gasteiger partial charge is 0.329 e. The van der Waals surface area contributed by atoms with Crippen LogP contribution in [-0.2, 0) is 37.0 Å². The zero-order chi connectivity index (χ0) is 19.8. The summed E-state index contributed by atoms with van der Waals surface area (Å²) in [4.78, 5) is 11.2. The van der Waals surface area contributed by atoms with Crippen molar-refractivity contribution in [3.05, 3.63) is 35.4 Å². The summed E-state index contributed by atoms with van der Waals surface area (Å²) in [6, 6.07) is 0. The fourth-order valence-electron chi connectivity index (χ4n) is 3.77. The van der Waals surface area contributed by atoms with E-state index in [2.05, 4.69) is 77.9 Å². The van der Waals surface area contributed by atoms with Gasteiger partial charge >= 0.3 is 0 Å². The number of fused-ring (bicyclic) bond motifs is 2. The summed E-state index contributed by atoms with van der Waals surface area (Å²) in [5.74, 6) is 2.39. The maximum atomic E-state index is 4.49. The fourth-order valence-corrected chi connectivity index (χ4v) is 3.77. The van der Waals surface area contributed by atoms with Gasteiger partial charge in [-0.1, -0.05) is 41.5 Å². The minimum Gasteiger partial charge on any atom is -0.329 e. The van der Waals surface area contributed by atoms with Crippen LogP contribution in [0.25, 0.3) is 0 Å². The lowest BCUT2D eigenvalue weighted by atomic mass is 9.92. The number of hydrogen-bond donors (Lipinski definition) is 1. The van der Waals surface area contributed by atoms with Crippen LogP contribution < -0.4 is 5.32 Å². The molecule has 0 saturated heterocycles. The van der Waals surface area contributed by atoms with E-state index in [0.717, 1.165) is 39.3 Å².